The average molecular weight is 361 g/mol. The van der Waals surface area contributed by atoms with Gasteiger partial charge in [0.15, 0.2) is 5.78 Å². The highest BCUT2D eigenvalue weighted by molar-refractivity contribution is 5.95. The monoisotopic (exact) mass is 361 g/mol. The number of aromatic nitrogens is 3. The largest absolute Gasteiger partial charge is 0.345 e. The number of ketones is 1. The maximum Gasteiger partial charge on any atom is 0.270 e. The third kappa shape index (κ3) is 4.94. The molecule has 3 rings (SSSR count). The number of carbonyl (C=O) groups excluding carboxylic acids is 2. The molecule has 136 valence electrons. The summed E-state index contributed by atoms with van der Waals surface area (Å²) in [6, 6.07) is 14.2. The van der Waals surface area contributed by atoms with Gasteiger partial charge in [0.05, 0.1) is 12.2 Å². The minimum absolute atomic E-state index is 0.0212. The van der Waals surface area contributed by atoms with Crippen LogP contribution in [0.3, 0.4) is 0 Å². The van der Waals surface area contributed by atoms with E-state index in [0.29, 0.717) is 29.4 Å². The molecule has 0 unspecified atom stereocenters. The fourth-order valence-corrected chi connectivity index (χ4v) is 2.48. The lowest BCUT2D eigenvalue weighted by molar-refractivity contribution is 0.0944. The van der Waals surface area contributed by atoms with Gasteiger partial charge in [-0.1, -0.05) is 18.2 Å². The minimum Gasteiger partial charge on any atom is -0.345 e. The summed E-state index contributed by atoms with van der Waals surface area (Å²) in [5.74, 6) is 0.607. The fourth-order valence-electron chi connectivity index (χ4n) is 2.48. The van der Waals surface area contributed by atoms with Gasteiger partial charge >= 0.3 is 0 Å². The molecule has 2 aromatic heterocycles. The Morgan fingerprint density at radius 1 is 1.04 bits per heavy atom. The number of nitrogens with one attached hydrogen (secondary N) is 2. The molecule has 7 nitrogen and oxygen atoms in total. The van der Waals surface area contributed by atoms with E-state index in [-0.39, 0.29) is 17.4 Å². The fraction of sp³-hybridized carbons (Fsp3) is 0.150. The van der Waals surface area contributed by atoms with Gasteiger partial charge in [-0.05, 0) is 38.1 Å². The second kappa shape index (κ2) is 8.18. The second-order valence-electron chi connectivity index (χ2n) is 5.95. The topological polar surface area (TPSA) is 96.9 Å². The van der Waals surface area contributed by atoms with E-state index < -0.39 is 0 Å². The molecule has 0 saturated carbocycles. The average Bonchev–Trinajstić information content (AvgIpc) is 2.66. The van der Waals surface area contributed by atoms with Crippen molar-refractivity contribution in [3.05, 3.63) is 77.5 Å². The second-order valence-corrected chi connectivity index (χ2v) is 5.95. The van der Waals surface area contributed by atoms with E-state index in [1.54, 1.807) is 37.4 Å². The Hall–Kier alpha value is -3.61. The standard InChI is InChI=1S/C20H19N5O2/c1-13(26)15-6-5-8-16(10-15)25-19-11-18(23-14(2)24-19)20(27)22-12-17-7-3-4-9-21-17/h3-11H,12H2,1-2H3,(H,22,27)(H,23,24,25). The first-order valence-electron chi connectivity index (χ1n) is 8.43. The van der Waals surface area contributed by atoms with Crippen LogP contribution in [0.15, 0.2) is 54.7 Å². The first-order valence-corrected chi connectivity index (χ1v) is 8.43. The first kappa shape index (κ1) is 18.2. The van der Waals surface area contributed by atoms with Gasteiger partial charge < -0.3 is 10.6 Å². The van der Waals surface area contributed by atoms with Crippen LogP contribution in [0.5, 0.6) is 0 Å². The van der Waals surface area contributed by atoms with Gasteiger partial charge in [-0.15, -0.1) is 0 Å². The van der Waals surface area contributed by atoms with Crippen molar-refractivity contribution in [2.75, 3.05) is 5.32 Å². The van der Waals surface area contributed by atoms with Crippen molar-refractivity contribution in [3.8, 4) is 0 Å². The lowest BCUT2D eigenvalue weighted by Crippen LogP contribution is -2.24. The highest BCUT2D eigenvalue weighted by Crippen LogP contribution is 2.17. The van der Waals surface area contributed by atoms with Crippen molar-refractivity contribution in [1.29, 1.82) is 0 Å². The third-order valence-electron chi connectivity index (χ3n) is 3.77. The van der Waals surface area contributed by atoms with Gasteiger partial charge in [0.1, 0.15) is 17.3 Å². The number of aryl methyl sites for hydroxylation is 1. The van der Waals surface area contributed by atoms with Gasteiger partial charge in [0.25, 0.3) is 5.91 Å². The Labute approximate surface area is 156 Å². The zero-order chi connectivity index (χ0) is 19.2. The molecule has 0 fully saturated rings. The predicted molar refractivity (Wildman–Crippen MR) is 102 cm³/mol. The highest BCUT2D eigenvalue weighted by Gasteiger charge is 2.11. The normalized spacial score (nSPS) is 10.3. The van der Waals surface area contributed by atoms with Crippen LogP contribution in [0.25, 0.3) is 0 Å². The van der Waals surface area contributed by atoms with Gasteiger partial charge in [-0.3, -0.25) is 14.6 Å². The number of Topliss-reactive ketones (excluding diaryl/α,β-unsaturated/α-hetero) is 1. The van der Waals surface area contributed by atoms with Crippen LogP contribution in [0, 0.1) is 6.92 Å². The van der Waals surface area contributed by atoms with E-state index >= 15 is 0 Å². The number of anilines is 2. The number of hydrogen-bond donors (Lipinski definition) is 2. The van der Waals surface area contributed by atoms with Crippen molar-refractivity contribution < 1.29 is 9.59 Å². The van der Waals surface area contributed by atoms with E-state index in [1.165, 1.54) is 6.92 Å². The Morgan fingerprint density at radius 2 is 1.89 bits per heavy atom. The molecule has 1 aromatic carbocycles. The molecule has 0 atom stereocenters. The molecular formula is C20H19N5O2. The van der Waals surface area contributed by atoms with E-state index in [9.17, 15) is 9.59 Å². The van der Waals surface area contributed by atoms with E-state index in [4.69, 9.17) is 0 Å². The van der Waals surface area contributed by atoms with Crippen molar-refractivity contribution in [3.63, 3.8) is 0 Å². The van der Waals surface area contributed by atoms with Gasteiger partial charge in [0.2, 0.25) is 0 Å². The van der Waals surface area contributed by atoms with Crippen LogP contribution in [-0.2, 0) is 6.54 Å². The Morgan fingerprint density at radius 3 is 2.63 bits per heavy atom. The molecule has 0 aliphatic carbocycles. The van der Waals surface area contributed by atoms with Gasteiger partial charge in [-0.25, -0.2) is 9.97 Å². The molecule has 2 N–H and O–H groups in total. The van der Waals surface area contributed by atoms with E-state index in [2.05, 4.69) is 25.6 Å². The lowest BCUT2D eigenvalue weighted by Gasteiger charge is -2.10. The molecule has 27 heavy (non-hydrogen) atoms. The first-order chi connectivity index (χ1) is 13.0. The molecule has 0 bridgehead atoms. The summed E-state index contributed by atoms with van der Waals surface area (Å²) in [5.41, 5.74) is 2.32. The van der Waals surface area contributed by atoms with Crippen molar-refractivity contribution >= 4 is 23.2 Å². The Kier molecular flexibility index (Phi) is 5.51. The van der Waals surface area contributed by atoms with Crippen molar-refractivity contribution in [1.82, 2.24) is 20.3 Å². The molecule has 7 heteroatoms. The summed E-state index contributed by atoms with van der Waals surface area (Å²) in [7, 11) is 0. The van der Waals surface area contributed by atoms with Crippen LogP contribution < -0.4 is 10.6 Å². The molecule has 3 aromatic rings. The number of carbonyl (C=O) groups is 2. The predicted octanol–water partition coefficient (Wildman–Crippen LogP) is 3.06. The third-order valence-corrected chi connectivity index (χ3v) is 3.77. The lowest BCUT2D eigenvalue weighted by atomic mass is 10.1. The van der Waals surface area contributed by atoms with Crippen LogP contribution in [0.4, 0.5) is 11.5 Å². The van der Waals surface area contributed by atoms with E-state index in [1.807, 2.05) is 24.3 Å². The minimum atomic E-state index is -0.313. The van der Waals surface area contributed by atoms with Crippen LogP contribution in [-0.4, -0.2) is 26.6 Å². The Balaban J connectivity index is 1.74. The van der Waals surface area contributed by atoms with Gasteiger partial charge in [-0.2, -0.15) is 0 Å². The number of amides is 1. The molecular weight excluding hydrogens is 342 g/mol. The summed E-state index contributed by atoms with van der Waals surface area (Å²) in [6.07, 6.45) is 1.67. The number of nitrogens with zero attached hydrogens (tertiary/aromatic N) is 3. The molecule has 0 aliphatic heterocycles. The highest BCUT2D eigenvalue weighted by atomic mass is 16.1. The number of benzene rings is 1. The van der Waals surface area contributed by atoms with Crippen molar-refractivity contribution in [2.24, 2.45) is 0 Å². The van der Waals surface area contributed by atoms with Gasteiger partial charge in [0, 0.05) is 23.5 Å². The SMILES string of the molecule is CC(=O)c1cccc(Nc2cc(C(=O)NCc3ccccn3)nc(C)n2)c1. The zero-order valence-electron chi connectivity index (χ0n) is 15.1. The number of hydrogen-bond acceptors (Lipinski definition) is 6. The number of pyridine rings is 1. The maximum atomic E-state index is 12.4. The van der Waals surface area contributed by atoms with E-state index in [0.717, 1.165) is 5.69 Å². The molecule has 0 spiro atoms. The van der Waals surface area contributed by atoms with Crippen molar-refractivity contribution in [2.45, 2.75) is 20.4 Å². The summed E-state index contributed by atoms with van der Waals surface area (Å²) in [5, 5.41) is 5.91. The summed E-state index contributed by atoms with van der Waals surface area (Å²) in [4.78, 5) is 36.6. The molecule has 0 aliphatic rings. The summed E-state index contributed by atoms with van der Waals surface area (Å²) < 4.78 is 0. The van der Waals surface area contributed by atoms with Crippen LogP contribution in [0.2, 0.25) is 0 Å². The quantitative estimate of drug-likeness (QED) is 0.655. The van der Waals surface area contributed by atoms with Crippen LogP contribution in [0.1, 0.15) is 39.3 Å². The zero-order valence-corrected chi connectivity index (χ0v) is 15.1. The summed E-state index contributed by atoms with van der Waals surface area (Å²) >= 11 is 0. The molecule has 0 saturated heterocycles. The summed E-state index contributed by atoms with van der Waals surface area (Å²) in [6.45, 7) is 3.54. The maximum absolute atomic E-state index is 12.4. The number of rotatable bonds is 6. The molecule has 0 radical (unpaired) electrons. The van der Waals surface area contributed by atoms with Crippen LogP contribution >= 0.6 is 0 Å². The molecule has 2 heterocycles. The molecule has 1 amide bonds. The Bertz CT molecular complexity index is 973. The smallest absolute Gasteiger partial charge is 0.270 e.